The van der Waals surface area contributed by atoms with Gasteiger partial charge in [0, 0.05) is 10.4 Å². The molecule has 132 valence electrons. The van der Waals surface area contributed by atoms with Gasteiger partial charge in [-0.1, -0.05) is 29.8 Å². The molecule has 2 heterocycles. The van der Waals surface area contributed by atoms with Crippen molar-refractivity contribution in [1.82, 2.24) is 4.72 Å². The van der Waals surface area contributed by atoms with Crippen molar-refractivity contribution >= 4 is 32.4 Å². The second-order valence-corrected chi connectivity index (χ2v) is 9.90. The first-order chi connectivity index (χ1) is 11.9. The fraction of sp³-hybridized carbons (Fsp3) is 0.474. The minimum Gasteiger partial charge on any atom is -0.356 e. The molecule has 2 atom stereocenters. The Balaban J connectivity index is 1.49. The lowest BCUT2D eigenvalue weighted by Gasteiger charge is -2.56. The largest absolute Gasteiger partial charge is 0.356 e. The SMILES string of the molecule is O=S(=O)(NC12CC3CC(CC(C3)O1)C2)c1ccc2c(Cl)cccc2c1. The summed E-state index contributed by atoms with van der Waals surface area (Å²) >= 11 is 6.18. The van der Waals surface area contributed by atoms with E-state index in [1.165, 1.54) is 6.42 Å². The molecule has 6 rings (SSSR count). The summed E-state index contributed by atoms with van der Waals surface area (Å²) in [6.07, 6.45) is 5.17. The van der Waals surface area contributed by atoms with Gasteiger partial charge in [0.15, 0.2) is 0 Å². The number of fused-ring (bicyclic) bond motifs is 1. The van der Waals surface area contributed by atoms with Crippen LogP contribution >= 0.6 is 11.6 Å². The first kappa shape index (κ1) is 16.1. The van der Waals surface area contributed by atoms with E-state index in [4.69, 9.17) is 16.3 Å². The summed E-state index contributed by atoms with van der Waals surface area (Å²) in [7, 11) is -3.65. The minimum absolute atomic E-state index is 0.212. The minimum atomic E-state index is -3.65. The molecule has 1 N–H and O–H groups in total. The molecular weight excluding hydrogens is 358 g/mol. The van der Waals surface area contributed by atoms with Crippen LogP contribution in [0.4, 0.5) is 0 Å². The monoisotopic (exact) mass is 377 g/mol. The van der Waals surface area contributed by atoms with Crippen molar-refractivity contribution in [3.05, 3.63) is 41.4 Å². The Labute approximate surface area is 152 Å². The molecule has 0 spiro atoms. The van der Waals surface area contributed by atoms with Gasteiger partial charge in [-0.15, -0.1) is 0 Å². The van der Waals surface area contributed by atoms with Crippen LogP contribution in [-0.4, -0.2) is 20.2 Å². The molecule has 4 fully saturated rings. The third-order valence-corrected chi connectivity index (χ3v) is 7.76. The number of sulfonamides is 1. The zero-order valence-corrected chi connectivity index (χ0v) is 15.3. The number of halogens is 1. The number of rotatable bonds is 3. The Bertz CT molecular complexity index is 921. The lowest BCUT2D eigenvalue weighted by Crippen LogP contribution is -2.62. The highest BCUT2D eigenvalue weighted by molar-refractivity contribution is 7.89. The molecule has 2 aromatic carbocycles. The van der Waals surface area contributed by atoms with Crippen LogP contribution in [0.2, 0.25) is 5.02 Å². The number of hydrogen-bond acceptors (Lipinski definition) is 3. The summed E-state index contributed by atoms with van der Waals surface area (Å²) in [5.74, 6) is 1.17. The zero-order chi connectivity index (χ0) is 17.2. The smallest absolute Gasteiger partial charge is 0.242 e. The predicted octanol–water partition coefficient (Wildman–Crippen LogP) is 4.08. The van der Waals surface area contributed by atoms with Gasteiger partial charge in [0.1, 0.15) is 5.72 Å². The standard InChI is InChI=1S/C19H20ClNO3S/c20-18-3-1-2-14-9-16(4-5-17(14)18)25(22,23)21-19-10-12-6-13(11-19)8-15(7-12)24-19/h1-5,9,12-13,15,21H,6-8,10-11H2. The molecule has 0 radical (unpaired) electrons. The summed E-state index contributed by atoms with van der Waals surface area (Å²) in [6, 6.07) is 10.6. The Morgan fingerprint density at radius 3 is 2.56 bits per heavy atom. The van der Waals surface area contributed by atoms with Crippen LogP contribution in [0.3, 0.4) is 0 Å². The summed E-state index contributed by atoms with van der Waals surface area (Å²) in [5, 5.41) is 2.30. The van der Waals surface area contributed by atoms with Crippen LogP contribution in [0.1, 0.15) is 32.1 Å². The van der Waals surface area contributed by atoms with Crippen LogP contribution < -0.4 is 4.72 Å². The zero-order valence-electron chi connectivity index (χ0n) is 13.7. The third kappa shape index (κ3) is 2.69. The molecule has 6 heteroatoms. The summed E-state index contributed by atoms with van der Waals surface area (Å²) in [4.78, 5) is 0.265. The van der Waals surface area contributed by atoms with Gasteiger partial charge in [-0.05, 0) is 67.5 Å². The lowest BCUT2D eigenvalue weighted by molar-refractivity contribution is -0.224. The predicted molar refractivity (Wildman–Crippen MR) is 96.9 cm³/mol. The van der Waals surface area contributed by atoms with E-state index in [-0.39, 0.29) is 11.0 Å². The molecular formula is C19H20ClNO3S. The molecule has 4 aliphatic rings. The molecule has 2 unspecified atom stereocenters. The number of hydrogen-bond donors (Lipinski definition) is 1. The normalized spacial score (nSPS) is 33.9. The number of nitrogens with one attached hydrogen (secondary N) is 1. The highest BCUT2D eigenvalue weighted by atomic mass is 35.5. The fourth-order valence-corrected chi connectivity index (χ4v) is 6.76. The highest BCUT2D eigenvalue weighted by Gasteiger charge is 2.53. The van der Waals surface area contributed by atoms with Crippen LogP contribution in [0.25, 0.3) is 10.8 Å². The van der Waals surface area contributed by atoms with Crippen LogP contribution in [0.5, 0.6) is 0 Å². The highest BCUT2D eigenvalue weighted by Crippen LogP contribution is 2.52. The van der Waals surface area contributed by atoms with E-state index >= 15 is 0 Å². The van der Waals surface area contributed by atoms with Crippen LogP contribution in [-0.2, 0) is 14.8 Å². The second kappa shape index (κ2) is 5.43. The molecule has 0 aromatic heterocycles. The third-order valence-electron chi connectivity index (χ3n) is 5.92. The van der Waals surface area contributed by atoms with E-state index in [1.807, 2.05) is 12.1 Å². The fourth-order valence-electron chi connectivity index (χ4n) is 5.17. The van der Waals surface area contributed by atoms with Crippen molar-refractivity contribution in [2.75, 3.05) is 0 Å². The van der Waals surface area contributed by atoms with Crippen molar-refractivity contribution in [2.24, 2.45) is 11.8 Å². The number of ether oxygens (including phenoxy) is 1. The van der Waals surface area contributed by atoms with Crippen molar-refractivity contribution in [3.8, 4) is 0 Å². The van der Waals surface area contributed by atoms with E-state index in [0.717, 1.165) is 36.5 Å². The van der Waals surface area contributed by atoms with Crippen molar-refractivity contribution < 1.29 is 13.2 Å². The molecule has 0 amide bonds. The summed E-state index contributed by atoms with van der Waals surface area (Å²) in [6.45, 7) is 0. The molecule has 2 aromatic rings. The topological polar surface area (TPSA) is 55.4 Å². The van der Waals surface area contributed by atoms with Gasteiger partial charge >= 0.3 is 0 Å². The maximum Gasteiger partial charge on any atom is 0.242 e. The molecule has 2 aliphatic carbocycles. The Morgan fingerprint density at radius 2 is 1.84 bits per heavy atom. The van der Waals surface area contributed by atoms with E-state index in [2.05, 4.69) is 4.72 Å². The van der Waals surface area contributed by atoms with Gasteiger partial charge in [0.2, 0.25) is 10.0 Å². The van der Waals surface area contributed by atoms with Gasteiger partial charge in [-0.3, -0.25) is 0 Å². The van der Waals surface area contributed by atoms with Crippen molar-refractivity contribution in [2.45, 2.75) is 48.8 Å². The summed E-state index contributed by atoms with van der Waals surface area (Å²) in [5.41, 5.74) is -0.711. The molecule has 4 nitrogen and oxygen atoms in total. The van der Waals surface area contributed by atoms with Gasteiger partial charge < -0.3 is 4.74 Å². The molecule has 4 bridgehead atoms. The quantitative estimate of drug-likeness (QED) is 0.876. The Hall–Kier alpha value is -1.14. The first-order valence-corrected chi connectivity index (χ1v) is 10.7. The number of benzene rings is 2. The van der Waals surface area contributed by atoms with E-state index in [1.54, 1.807) is 24.3 Å². The van der Waals surface area contributed by atoms with Crippen LogP contribution in [0, 0.1) is 11.8 Å². The van der Waals surface area contributed by atoms with Gasteiger partial charge in [0.05, 0.1) is 11.0 Å². The first-order valence-electron chi connectivity index (χ1n) is 8.83. The Morgan fingerprint density at radius 1 is 1.08 bits per heavy atom. The molecule has 25 heavy (non-hydrogen) atoms. The van der Waals surface area contributed by atoms with E-state index in [9.17, 15) is 8.42 Å². The second-order valence-electron chi connectivity index (χ2n) is 7.81. The molecule has 2 aliphatic heterocycles. The van der Waals surface area contributed by atoms with Crippen molar-refractivity contribution in [3.63, 3.8) is 0 Å². The summed E-state index contributed by atoms with van der Waals surface area (Å²) < 4.78 is 35.1. The van der Waals surface area contributed by atoms with Crippen molar-refractivity contribution in [1.29, 1.82) is 0 Å². The van der Waals surface area contributed by atoms with Gasteiger partial charge in [0.25, 0.3) is 0 Å². The Kier molecular flexibility index (Phi) is 3.49. The lowest BCUT2D eigenvalue weighted by atomic mass is 9.65. The maximum atomic E-state index is 13.0. The molecule has 2 saturated carbocycles. The van der Waals surface area contributed by atoms with Gasteiger partial charge in [-0.2, -0.15) is 4.72 Å². The van der Waals surface area contributed by atoms with Crippen LogP contribution in [0.15, 0.2) is 41.3 Å². The van der Waals surface area contributed by atoms with E-state index in [0.29, 0.717) is 16.9 Å². The van der Waals surface area contributed by atoms with Gasteiger partial charge in [-0.25, -0.2) is 8.42 Å². The maximum absolute atomic E-state index is 13.0. The average molecular weight is 378 g/mol. The van der Waals surface area contributed by atoms with E-state index < -0.39 is 15.7 Å². The molecule has 2 saturated heterocycles. The average Bonchev–Trinajstić information content (AvgIpc) is 2.52.